The third-order valence-corrected chi connectivity index (χ3v) is 2.25. The van der Waals surface area contributed by atoms with E-state index in [-0.39, 0.29) is 6.42 Å². The van der Waals surface area contributed by atoms with Crippen LogP contribution in [0.25, 0.3) is 0 Å². The third-order valence-electron chi connectivity index (χ3n) is 2.25. The summed E-state index contributed by atoms with van der Waals surface area (Å²) in [5.74, 6) is -4.56. The number of amides is 1. The molecule has 1 heterocycles. The number of carboxylic acid groups (broad SMARTS) is 2. The molecule has 0 fully saturated rings. The van der Waals surface area contributed by atoms with E-state index in [1.165, 1.54) is 6.07 Å². The highest BCUT2D eigenvalue weighted by atomic mass is 19.1. The van der Waals surface area contributed by atoms with Gasteiger partial charge in [-0.1, -0.05) is 0 Å². The van der Waals surface area contributed by atoms with Crippen LogP contribution in [0, 0.1) is 5.95 Å². The molecule has 102 valence electrons. The average Bonchev–Trinajstić information content (AvgIpc) is 2.34. The van der Waals surface area contributed by atoms with Gasteiger partial charge in [-0.25, -0.2) is 9.78 Å². The van der Waals surface area contributed by atoms with E-state index in [1.807, 2.05) is 5.32 Å². The molecule has 1 atom stereocenters. The number of aromatic nitrogens is 1. The summed E-state index contributed by atoms with van der Waals surface area (Å²) in [5, 5.41) is 19.3. The second-order valence-electron chi connectivity index (χ2n) is 3.64. The number of carboxylic acids is 2. The molecule has 7 nitrogen and oxygen atoms in total. The summed E-state index contributed by atoms with van der Waals surface area (Å²) < 4.78 is 13.2. The lowest BCUT2D eigenvalue weighted by atomic mass is 10.1. The number of aliphatic carboxylic acids is 2. The van der Waals surface area contributed by atoms with Crippen LogP contribution in [0.4, 0.5) is 4.39 Å². The van der Waals surface area contributed by atoms with E-state index in [1.54, 1.807) is 0 Å². The molecule has 1 rings (SSSR count). The smallest absolute Gasteiger partial charge is 0.326 e. The van der Waals surface area contributed by atoms with Gasteiger partial charge in [0.1, 0.15) is 6.04 Å². The number of hydrogen-bond acceptors (Lipinski definition) is 4. The highest BCUT2D eigenvalue weighted by Crippen LogP contribution is 2.05. The molecule has 0 aliphatic rings. The molecule has 0 aromatic carbocycles. The molecule has 19 heavy (non-hydrogen) atoms. The Kier molecular flexibility index (Phi) is 4.92. The number of pyridine rings is 1. The molecule has 0 saturated carbocycles. The van der Waals surface area contributed by atoms with Gasteiger partial charge < -0.3 is 15.5 Å². The second kappa shape index (κ2) is 6.43. The van der Waals surface area contributed by atoms with Crippen LogP contribution in [0.5, 0.6) is 0 Å². The fourth-order valence-corrected chi connectivity index (χ4v) is 1.32. The predicted octanol–water partition coefficient (Wildman–Crippen LogP) is 0.268. The van der Waals surface area contributed by atoms with Gasteiger partial charge in [0.25, 0.3) is 5.91 Å². The van der Waals surface area contributed by atoms with E-state index in [9.17, 15) is 18.8 Å². The van der Waals surface area contributed by atoms with Crippen LogP contribution in [0.15, 0.2) is 18.3 Å². The van der Waals surface area contributed by atoms with Crippen molar-refractivity contribution in [2.24, 2.45) is 0 Å². The molecule has 3 N–H and O–H groups in total. The number of carbonyl (C=O) groups excluding carboxylic acids is 1. The SMILES string of the molecule is O=C(O)CC[C@H](NC(=O)c1cccnc1F)C(=O)O. The van der Waals surface area contributed by atoms with Crippen molar-refractivity contribution in [3.05, 3.63) is 29.8 Å². The standard InChI is InChI=1S/C11H11FN2O5/c12-9-6(2-1-5-13-9)10(17)14-7(11(18)19)3-4-8(15)16/h1-2,5,7H,3-4H2,(H,14,17)(H,15,16)(H,18,19)/t7-/m0/s1. The van der Waals surface area contributed by atoms with Crippen molar-refractivity contribution in [3.63, 3.8) is 0 Å². The zero-order chi connectivity index (χ0) is 14.4. The first-order valence-electron chi connectivity index (χ1n) is 5.27. The van der Waals surface area contributed by atoms with Crippen molar-refractivity contribution in [2.45, 2.75) is 18.9 Å². The van der Waals surface area contributed by atoms with Crippen LogP contribution in [0.1, 0.15) is 23.2 Å². The van der Waals surface area contributed by atoms with Gasteiger partial charge in [-0.15, -0.1) is 0 Å². The number of halogens is 1. The van der Waals surface area contributed by atoms with Crippen LogP contribution in [0.2, 0.25) is 0 Å². The highest BCUT2D eigenvalue weighted by Gasteiger charge is 2.23. The van der Waals surface area contributed by atoms with Gasteiger partial charge in [0.05, 0.1) is 5.56 Å². The average molecular weight is 270 g/mol. The highest BCUT2D eigenvalue weighted by molar-refractivity contribution is 5.96. The molecule has 1 aromatic rings. The van der Waals surface area contributed by atoms with Crippen molar-refractivity contribution in [2.75, 3.05) is 0 Å². The fourth-order valence-electron chi connectivity index (χ4n) is 1.32. The zero-order valence-corrected chi connectivity index (χ0v) is 9.67. The van der Waals surface area contributed by atoms with Gasteiger partial charge in [-0.2, -0.15) is 4.39 Å². The van der Waals surface area contributed by atoms with E-state index in [2.05, 4.69) is 4.98 Å². The zero-order valence-electron chi connectivity index (χ0n) is 9.67. The number of nitrogens with one attached hydrogen (secondary N) is 1. The van der Waals surface area contributed by atoms with Crippen molar-refractivity contribution >= 4 is 17.8 Å². The van der Waals surface area contributed by atoms with Crippen molar-refractivity contribution < 1.29 is 29.0 Å². The number of nitrogens with zero attached hydrogens (tertiary/aromatic N) is 1. The van der Waals surface area contributed by atoms with E-state index in [0.29, 0.717) is 0 Å². The van der Waals surface area contributed by atoms with Crippen molar-refractivity contribution in [1.29, 1.82) is 0 Å². The molecule has 1 amide bonds. The number of rotatable bonds is 6. The quantitative estimate of drug-likeness (QED) is 0.639. The van der Waals surface area contributed by atoms with Gasteiger partial charge in [-0.05, 0) is 18.6 Å². The van der Waals surface area contributed by atoms with Crippen LogP contribution >= 0.6 is 0 Å². The first-order chi connectivity index (χ1) is 8.91. The topological polar surface area (TPSA) is 117 Å². The lowest BCUT2D eigenvalue weighted by molar-refractivity contribution is -0.140. The van der Waals surface area contributed by atoms with Gasteiger partial charge in [-0.3, -0.25) is 9.59 Å². The van der Waals surface area contributed by atoms with Gasteiger partial charge in [0, 0.05) is 12.6 Å². The maximum Gasteiger partial charge on any atom is 0.326 e. The van der Waals surface area contributed by atoms with Gasteiger partial charge in [0.15, 0.2) is 0 Å². The van der Waals surface area contributed by atoms with E-state index in [0.717, 1.165) is 12.3 Å². The summed E-state index contributed by atoms with van der Waals surface area (Å²) >= 11 is 0. The van der Waals surface area contributed by atoms with Crippen LogP contribution < -0.4 is 5.32 Å². The van der Waals surface area contributed by atoms with Gasteiger partial charge >= 0.3 is 11.9 Å². The lowest BCUT2D eigenvalue weighted by Crippen LogP contribution is -2.41. The Labute approximate surface area is 107 Å². The first-order valence-corrected chi connectivity index (χ1v) is 5.27. The van der Waals surface area contributed by atoms with Gasteiger partial charge in [0.2, 0.25) is 5.95 Å². The molecule has 8 heteroatoms. The minimum absolute atomic E-state index is 0.293. The Morgan fingerprint density at radius 3 is 2.58 bits per heavy atom. The molecule has 0 bridgehead atoms. The summed E-state index contributed by atoms with van der Waals surface area (Å²) in [6, 6.07) is 1.07. The first kappa shape index (κ1) is 14.6. The minimum atomic E-state index is -1.40. The number of carbonyl (C=O) groups is 3. The Morgan fingerprint density at radius 1 is 1.37 bits per heavy atom. The van der Waals surface area contributed by atoms with E-state index in [4.69, 9.17) is 10.2 Å². The summed E-state index contributed by atoms with van der Waals surface area (Å²) in [6.07, 6.45) is 0.427. The molecule has 0 spiro atoms. The van der Waals surface area contributed by atoms with Crippen LogP contribution in [-0.2, 0) is 9.59 Å². The summed E-state index contributed by atoms with van der Waals surface area (Å²) in [6.45, 7) is 0. The molecular formula is C11H11FN2O5. The Bertz CT molecular complexity index is 506. The normalized spacial score (nSPS) is 11.6. The molecule has 0 aliphatic carbocycles. The minimum Gasteiger partial charge on any atom is -0.481 e. The van der Waals surface area contributed by atoms with Crippen molar-refractivity contribution in [1.82, 2.24) is 10.3 Å². The monoisotopic (exact) mass is 270 g/mol. The molecule has 0 unspecified atom stereocenters. The van der Waals surface area contributed by atoms with Crippen LogP contribution in [0.3, 0.4) is 0 Å². The maximum atomic E-state index is 13.2. The summed E-state index contributed by atoms with van der Waals surface area (Å²) in [5.41, 5.74) is -0.399. The molecule has 0 saturated heterocycles. The van der Waals surface area contributed by atoms with Crippen molar-refractivity contribution in [3.8, 4) is 0 Å². The van der Waals surface area contributed by atoms with Crippen LogP contribution in [-0.4, -0.2) is 39.1 Å². The Hall–Kier alpha value is -2.51. The van der Waals surface area contributed by atoms with E-state index >= 15 is 0 Å². The number of hydrogen-bond donors (Lipinski definition) is 3. The Morgan fingerprint density at radius 2 is 2.05 bits per heavy atom. The third kappa shape index (κ3) is 4.34. The lowest BCUT2D eigenvalue weighted by Gasteiger charge is -2.13. The largest absolute Gasteiger partial charge is 0.481 e. The molecular weight excluding hydrogens is 259 g/mol. The predicted molar refractivity (Wildman–Crippen MR) is 60.0 cm³/mol. The molecule has 0 aliphatic heterocycles. The molecule has 1 aromatic heterocycles. The summed E-state index contributed by atoms with van der Waals surface area (Å²) in [7, 11) is 0. The summed E-state index contributed by atoms with van der Waals surface area (Å²) in [4.78, 5) is 36.1. The molecule has 0 radical (unpaired) electrons. The Balaban J connectivity index is 2.74. The fraction of sp³-hybridized carbons (Fsp3) is 0.273. The van der Waals surface area contributed by atoms with E-state index < -0.39 is 41.8 Å². The second-order valence-corrected chi connectivity index (χ2v) is 3.64. The maximum absolute atomic E-state index is 13.2.